The highest BCUT2D eigenvalue weighted by molar-refractivity contribution is 9.10. The number of carbonyl (C=O) groups excluding carboxylic acids is 1. The average molecular weight is 535 g/mol. The second-order valence-electron chi connectivity index (χ2n) is 8.97. The van der Waals surface area contributed by atoms with Crippen LogP contribution in [0, 0.1) is 6.92 Å². The quantitative estimate of drug-likeness (QED) is 0.462. The molecule has 5 rings (SSSR count). The molecule has 9 heteroatoms. The van der Waals surface area contributed by atoms with Gasteiger partial charge in [0.15, 0.2) is 21.5 Å². The van der Waals surface area contributed by atoms with Crippen molar-refractivity contribution in [3.63, 3.8) is 0 Å². The summed E-state index contributed by atoms with van der Waals surface area (Å²) in [5, 5.41) is 0.858. The molecular formula is C24H27BrN2O5S. The average Bonchev–Trinajstić information content (AvgIpc) is 3.50. The number of furan rings is 2. The summed E-state index contributed by atoms with van der Waals surface area (Å²) >= 11 is 3.47. The second-order valence-corrected chi connectivity index (χ2v) is 12.1. The van der Waals surface area contributed by atoms with Gasteiger partial charge in [0.25, 0.3) is 5.91 Å². The van der Waals surface area contributed by atoms with Crippen LogP contribution < -0.4 is 4.90 Å². The van der Waals surface area contributed by atoms with E-state index in [1.165, 1.54) is 6.42 Å². The fourth-order valence-electron chi connectivity index (χ4n) is 4.82. The molecule has 1 aromatic carbocycles. The molecule has 7 nitrogen and oxygen atoms in total. The van der Waals surface area contributed by atoms with Crippen LogP contribution in [0.15, 0.2) is 43.6 Å². The van der Waals surface area contributed by atoms with Gasteiger partial charge in [-0.05, 0) is 56.9 Å². The van der Waals surface area contributed by atoms with Crippen molar-refractivity contribution in [3.05, 3.63) is 51.9 Å². The summed E-state index contributed by atoms with van der Waals surface area (Å²) in [6, 6.07) is 9.03. The van der Waals surface area contributed by atoms with Crippen LogP contribution in [0.3, 0.4) is 0 Å². The van der Waals surface area contributed by atoms with E-state index in [1.54, 1.807) is 4.90 Å². The molecule has 0 spiro atoms. The molecule has 0 bridgehead atoms. The molecule has 33 heavy (non-hydrogen) atoms. The zero-order chi connectivity index (χ0) is 23.2. The van der Waals surface area contributed by atoms with Crippen molar-refractivity contribution in [3.8, 4) is 0 Å². The molecule has 0 N–H and O–H groups in total. The highest BCUT2D eigenvalue weighted by Gasteiger charge is 2.37. The number of benzene rings is 1. The Morgan fingerprint density at radius 3 is 2.67 bits per heavy atom. The zero-order valence-corrected chi connectivity index (χ0v) is 21.0. The number of carbonyl (C=O) groups is 1. The van der Waals surface area contributed by atoms with Gasteiger partial charge in [0.1, 0.15) is 11.3 Å². The van der Waals surface area contributed by atoms with E-state index in [2.05, 4.69) is 20.8 Å². The molecule has 2 fully saturated rings. The first-order valence-electron chi connectivity index (χ1n) is 11.3. The highest BCUT2D eigenvalue weighted by atomic mass is 79.9. The van der Waals surface area contributed by atoms with Gasteiger partial charge in [-0.3, -0.25) is 4.79 Å². The molecule has 2 aliphatic rings. The number of piperidine rings is 1. The summed E-state index contributed by atoms with van der Waals surface area (Å²) in [6.45, 7) is 3.98. The third-order valence-corrected chi connectivity index (χ3v) is 8.89. The minimum Gasteiger partial charge on any atom is -0.451 e. The fraction of sp³-hybridized carbons (Fsp3) is 0.458. The smallest absolute Gasteiger partial charge is 0.290 e. The number of nitrogens with zero attached hydrogens (tertiary/aromatic N) is 2. The van der Waals surface area contributed by atoms with Crippen LogP contribution in [-0.4, -0.2) is 49.9 Å². The van der Waals surface area contributed by atoms with Gasteiger partial charge >= 0.3 is 0 Å². The van der Waals surface area contributed by atoms with Gasteiger partial charge in [-0.2, -0.15) is 0 Å². The Morgan fingerprint density at radius 2 is 1.94 bits per heavy atom. The second kappa shape index (κ2) is 8.83. The molecule has 1 amide bonds. The first-order chi connectivity index (χ1) is 15.8. The Bertz CT molecular complexity index is 1290. The number of hydrogen-bond donors (Lipinski definition) is 0. The Morgan fingerprint density at radius 1 is 1.15 bits per heavy atom. The number of hydrogen-bond acceptors (Lipinski definition) is 6. The van der Waals surface area contributed by atoms with Gasteiger partial charge in [0.05, 0.1) is 18.1 Å². The number of amides is 1. The third-order valence-electron chi connectivity index (χ3n) is 6.64. The van der Waals surface area contributed by atoms with E-state index in [-0.39, 0.29) is 29.7 Å². The van der Waals surface area contributed by atoms with E-state index in [1.807, 2.05) is 37.3 Å². The molecule has 3 aromatic rings. The number of fused-ring (bicyclic) bond motifs is 1. The third kappa shape index (κ3) is 4.57. The molecule has 0 radical (unpaired) electrons. The molecule has 4 heterocycles. The van der Waals surface area contributed by atoms with Crippen molar-refractivity contribution in [2.45, 2.75) is 45.2 Å². The topological polar surface area (TPSA) is 84.0 Å². The van der Waals surface area contributed by atoms with Gasteiger partial charge < -0.3 is 18.6 Å². The SMILES string of the molecule is Cc1c(C(=O)N(Cc2ccc(N3CCCCC3)o2)C2CCS(=O)(=O)C2)oc2ccc(Br)cc12. The maximum absolute atomic E-state index is 13.7. The van der Waals surface area contributed by atoms with Crippen LogP contribution in [0.4, 0.5) is 5.88 Å². The zero-order valence-electron chi connectivity index (χ0n) is 18.5. The Kier molecular flexibility index (Phi) is 6.03. The number of rotatable bonds is 5. The van der Waals surface area contributed by atoms with Crippen molar-refractivity contribution >= 4 is 48.5 Å². The van der Waals surface area contributed by atoms with Crippen molar-refractivity contribution in [1.29, 1.82) is 0 Å². The van der Waals surface area contributed by atoms with Crippen molar-refractivity contribution in [2.24, 2.45) is 0 Å². The fourth-order valence-corrected chi connectivity index (χ4v) is 6.91. The minimum absolute atomic E-state index is 0.0384. The molecule has 2 saturated heterocycles. The summed E-state index contributed by atoms with van der Waals surface area (Å²) in [4.78, 5) is 17.5. The van der Waals surface area contributed by atoms with Crippen molar-refractivity contribution < 1.29 is 22.0 Å². The lowest BCUT2D eigenvalue weighted by Crippen LogP contribution is -2.40. The summed E-state index contributed by atoms with van der Waals surface area (Å²) in [5.41, 5.74) is 1.37. The summed E-state index contributed by atoms with van der Waals surface area (Å²) in [5.74, 6) is 1.44. The molecule has 1 unspecified atom stereocenters. The van der Waals surface area contributed by atoms with E-state index < -0.39 is 15.9 Å². The standard InChI is InChI=1S/C24H27BrN2O5S/c1-16-20-13-17(25)5-7-21(20)32-23(16)24(28)27(18-9-12-33(29,30)15-18)14-19-6-8-22(31-19)26-10-3-2-4-11-26/h5-8,13,18H,2-4,9-12,14-15H2,1H3. The van der Waals surface area contributed by atoms with E-state index in [4.69, 9.17) is 8.83 Å². The van der Waals surface area contributed by atoms with Crippen molar-refractivity contribution in [1.82, 2.24) is 4.90 Å². The van der Waals surface area contributed by atoms with Gasteiger partial charge in [-0.15, -0.1) is 0 Å². The van der Waals surface area contributed by atoms with Crippen LogP contribution in [0.1, 0.15) is 47.6 Å². The van der Waals surface area contributed by atoms with Gasteiger partial charge in [0, 0.05) is 40.6 Å². The van der Waals surface area contributed by atoms with Gasteiger partial charge in [-0.1, -0.05) is 15.9 Å². The lowest BCUT2D eigenvalue weighted by Gasteiger charge is -2.27. The van der Waals surface area contributed by atoms with Crippen LogP contribution in [-0.2, 0) is 16.4 Å². The number of aryl methyl sites for hydroxylation is 1. The minimum atomic E-state index is -3.17. The number of anilines is 1. The normalized spacial score (nSPS) is 20.4. The molecule has 2 aromatic heterocycles. The Labute approximate surface area is 201 Å². The molecule has 176 valence electrons. The van der Waals surface area contributed by atoms with Crippen molar-refractivity contribution in [2.75, 3.05) is 29.5 Å². The van der Waals surface area contributed by atoms with Crippen LogP contribution in [0.25, 0.3) is 11.0 Å². The molecule has 1 atom stereocenters. The van der Waals surface area contributed by atoms with Gasteiger partial charge in [0.2, 0.25) is 0 Å². The maximum Gasteiger partial charge on any atom is 0.290 e. The largest absolute Gasteiger partial charge is 0.451 e. The highest BCUT2D eigenvalue weighted by Crippen LogP contribution is 2.31. The summed E-state index contributed by atoms with van der Waals surface area (Å²) in [6.07, 6.45) is 3.93. The van der Waals surface area contributed by atoms with Gasteiger partial charge in [-0.25, -0.2) is 8.42 Å². The molecule has 0 aliphatic carbocycles. The Balaban J connectivity index is 1.46. The lowest BCUT2D eigenvalue weighted by atomic mass is 10.1. The predicted octanol–water partition coefficient (Wildman–Crippen LogP) is 4.92. The maximum atomic E-state index is 13.7. The monoisotopic (exact) mass is 534 g/mol. The molecule has 0 saturated carbocycles. The molecule has 2 aliphatic heterocycles. The predicted molar refractivity (Wildman–Crippen MR) is 130 cm³/mol. The lowest BCUT2D eigenvalue weighted by molar-refractivity contribution is 0.0635. The Hall–Kier alpha value is -2.26. The number of halogens is 1. The first-order valence-corrected chi connectivity index (χ1v) is 14.0. The molecular weight excluding hydrogens is 508 g/mol. The van der Waals surface area contributed by atoms with E-state index in [9.17, 15) is 13.2 Å². The van der Waals surface area contributed by atoms with E-state index >= 15 is 0 Å². The van der Waals surface area contributed by atoms with E-state index in [0.717, 1.165) is 47.2 Å². The van der Waals surface area contributed by atoms with Crippen LogP contribution in [0.5, 0.6) is 0 Å². The van der Waals surface area contributed by atoms with Crippen LogP contribution >= 0.6 is 15.9 Å². The summed E-state index contributed by atoms with van der Waals surface area (Å²) < 4.78 is 37.4. The van der Waals surface area contributed by atoms with Crippen LogP contribution in [0.2, 0.25) is 0 Å². The summed E-state index contributed by atoms with van der Waals surface area (Å²) in [7, 11) is -3.17. The number of sulfone groups is 1. The van der Waals surface area contributed by atoms with E-state index in [0.29, 0.717) is 17.8 Å². The first kappa shape index (κ1) is 22.5.